The Balaban J connectivity index is 1.45. The van der Waals surface area contributed by atoms with E-state index in [4.69, 9.17) is 9.47 Å². The number of aliphatic carboxylic acids is 1. The van der Waals surface area contributed by atoms with Crippen LogP contribution in [-0.4, -0.2) is 53.0 Å². The standard InChI is InChI=1S/C26H24N2O7/c29-18-12-10-16(11-13-18)14-21(26(32)33)28-25(31)23-22(34-15-35-23)24(30)27-20-9-5-4-8-19(20)17-6-2-1-3-7-17/h1-13,21-23,29H,14-15H2,(H,27,30)(H,28,31)(H,32,33)/t21-,22+,23+/m0/s1. The number of phenolic OH excluding ortho intramolecular Hbond substituents is 1. The number of benzene rings is 3. The quantitative estimate of drug-likeness (QED) is 0.393. The number of phenols is 1. The van der Waals surface area contributed by atoms with Crippen LogP contribution in [0.4, 0.5) is 5.69 Å². The van der Waals surface area contributed by atoms with Gasteiger partial charge in [0.1, 0.15) is 18.6 Å². The van der Waals surface area contributed by atoms with Crippen molar-refractivity contribution in [1.82, 2.24) is 5.32 Å². The van der Waals surface area contributed by atoms with Crippen molar-refractivity contribution in [2.45, 2.75) is 24.7 Å². The van der Waals surface area contributed by atoms with Crippen molar-refractivity contribution in [2.24, 2.45) is 0 Å². The molecule has 2 amide bonds. The molecular weight excluding hydrogens is 452 g/mol. The van der Waals surface area contributed by atoms with Gasteiger partial charge in [-0.2, -0.15) is 0 Å². The second-order valence-electron chi connectivity index (χ2n) is 7.96. The van der Waals surface area contributed by atoms with Crippen LogP contribution in [0.3, 0.4) is 0 Å². The number of carbonyl (C=O) groups excluding carboxylic acids is 2. The Hall–Kier alpha value is -4.21. The summed E-state index contributed by atoms with van der Waals surface area (Å²) in [5.41, 5.74) is 2.83. The molecule has 4 N–H and O–H groups in total. The van der Waals surface area contributed by atoms with Gasteiger partial charge in [0, 0.05) is 17.7 Å². The van der Waals surface area contributed by atoms with Crippen LogP contribution in [0, 0.1) is 0 Å². The molecule has 0 saturated carbocycles. The van der Waals surface area contributed by atoms with Crippen LogP contribution in [0.15, 0.2) is 78.9 Å². The molecule has 1 saturated heterocycles. The molecule has 4 rings (SSSR count). The minimum Gasteiger partial charge on any atom is -0.508 e. The zero-order chi connectivity index (χ0) is 24.8. The summed E-state index contributed by atoms with van der Waals surface area (Å²) in [6, 6.07) is 21.4. The Morgan fingerprint density at radius 3 is 2.17 bits per heavy atom. The number of anilines is 1. The lowest BCUT2D eigenvalue weighted by Gasteiger charge is -2.20. The normalized spacial score (nSPS) is 17.9. The number of amides is 2. The zero-order valence-corrected chi connectivity index (χ0v) is 18.6. The van der Waals surface area contributed by atoms with E-state index in [1.54, 1.807) is 24.3 Å². The van der Waals surface area contributed by atoms with Crippen molar-refractivity contribution in [3.8, 4) is 16.9 Å². The molecule has 0 aliphatic carbocycles. The first-order chi connectivity index (χ1) is 16.9. The van der Waals surface area contributed by atoms with Gasteiger partial charge >= 0.3 is 5.97 Å². The second-order valence-corrected chi connectivity index (χ2v) is 7.96. The highest BCUT2D eigenvalue weighted by atomic mass is 16.7. The molecule has 9 heteroatoms. The number of carboxylic acid groups (broad SMARTS) is 1. The van der Waals surface area contributed by atoms with E-state index in [0.29, 0.717) is 11.3 Å². The third-order valence-electron chi connectivity index (χ3n) is 5.55. The summed E-state index contributed by atoms with van der Waals surface area (Å²) in [5.74, 6) is -2.56. The van der Waals surface area contributed by atoms with E-state index in [1.807, 2.05) is 42.5 Å². The van der Waals surface area contributed by atoms with Crippen molar-refractivity contribution in [1.29, 1.82) is 0 Å². The topological polar surface area (TPSA) is 134 Å². The number of para-hydroxylation sites is 1. The first-order valence-electron chi connectivity index (χ1n) is 10.9. The van der Waals surface area contributed by atoms with Gasteiger partial charge in [-0.05, 0) is 29.3 Å². The summed E-state index contributed by atoms with van der Waals surface area (Å²) < 4.78 is 10.7. The summed E-state index contributed by atoms with van der Waals surface area (Å²) in [6.07, 6.45) is -2.60. The van der Waals surface area contributed by atoms with Crippen LogP contribution < -0.4 is 10.6 Å². The van der Waals surface area contributed by atoms with Crippen LogP contribution in [0.2, 0.25) is 0 Å². The molecule has 1 fully saturated rings. The van der Waals surface area contributed by atoms with Crippen LogP contribution in [0.5, 0.6) is 5.75 Å². The fourth-order valence-corrected chi connectivity index (χ4v) is 3.77. The molecule has 0 bridgehead atoms. The number of hydrogen-bond donors (Lipinski definition) is 4. The number of carbonyl (C=O) groups is 3. The highest BCUT2D eigenvalue weighted by molar-refractivity contribution is 6.01. The highest BCUT2D eigenvalue weighted by Gasteiger charge is 2.41. The molecule has 35 heavy (non-hydrogen) atoms. The van der Waals surface area contributed by atoms with E-state index in [2.05, 4.69) is 10.6 Å². The van der Waals surface area contributed by atoms with Crippen LogP contribution >= 0.6 is 0 Å². The van der Waals surface area contributed by atoms with E-state index in [1.165, 1.54) is 12.1 Å². The molecule has 1 aliphatic rings. The Kier molecular flexibility index (Phi) is 7.39. The van der Waals surface area contributed by atoms with Gasteiger partial charge < -0.3 is 30.3 Å². The number of hydrogen-bond acceptors (Lipinski definition) is 6. The smallest absolute Gasteiger partial charge is 0.326 e. The van der Waals surface area contributed by atoms with E-state index >= 15 is 0 Å². The van der Waals surface area contributed by atoms with Crippen LogP contribution in [-0.2, 0) is 30.3 Å². The van der Waals surface area contributed by atoms with Crippen molar-refractivity contribution in [3.63, 3.8) is 0 Å². The Morgan fingerprint density at radius 2 is 1.49 bits per heavy atom. The lowest BCUT2D eigenvalue weighted by Crippen LogP contribution is -2.51. The second kappa shape index (κ2) is 10.8. The molecule has 0 aromatic heterocycles. The number of carboxylic acids is 1. The molecule has 180 valence electrons. The zero-order valence-electron chi connectivity index (χ0n) is 18.6. The Bertz CT molecular complexity index is 1200. The number of ether oxygens (including phenoxy) is 2. The highest BCUT2D eigenvalue weighted by Crippen LogP contribution is 2.28. The Labute approximate surface area is 201 Å². The van der Waals surface area contributed by atoms with Crippen LogP contribution in [0.1, 0.15) is 5.56 Å². The lowest BCUT2D eigenvalue weighted by atomic mass is 10.0. The minimum absolute atomic E-state index is 0.0176. The van der Waals surface area contributed by atoms with E-state index in [0.717, 1.165) is 11.1 Å². The summed E-state index contributed by atoms with van der Waals surface area (Å²) in [7, 11) is 0. The molecule has 0 spiro atoms. The number of nitrogens with one attached hydrogen (secondary N) is 2. The molecule has 3 aromatic carbocycles. The van der Waals surface area contributed by atoms with Gasteiger partial charge in [-0.1, -0.05) is 60.7 Å². The van der Waals surface area contributed by atoms with Gasteiger partial charge in [-0.3, -0.25) is 9.59 Å². The predicted molar refractivity (Wildman–Crippen MR) is 126 cm³/mol. The van der Waals surface area contributed by atoms with E-state index < -0.39 is 36.0 Å². The first kappa shape index (κ1) is 23.9. The van der Waals surface area contributed by atoms with E-state index in [-0.39, 0.29) is 19.0 Å². The average Bonchev–Trinajstić information content (AvgIpc) is 3.36. The van der Waals surface area contributed by atoms with Crippen molar-refractivity contribution < 1.29 is 34.1 Å². The minimum atomic E-state index is -1.32. The molecular formula is C26H24N2O7. The average molecular weight is 476 g/mol. The van der Waals surface area contributed by atoms with Crippen molar-refractivity contribution >= 4 is 23.5 Å². The third-order valence-corrected chi connectivity index (χ3v) is 5.55. The molecule has 0 unspecified atom stereocenters. The molecule has 3 atom stereocenters. The molecule has 0 radical (unpaired) electrons. The van der Waals surface area contributed by atoms with Gasteiger partial charge in [0.2, 0.25) is 0 Å². The number of rotatable bonds is 8. The fourth-order valence-electron chi connectivity index (χ4n) is 3.77. The van der Waals surface area contributed by atoms with Gasteiger partial charge in [0.15, 0.2) is 12.2 Å². The first-order valence-corrected chi connectivity index (χ1v) is 10.9. The predicted octanol–water partition coefficient (Wildman–Crippen LogP) is 2.55. The third kappa shape index (κ3) is 5.84. The maximum absolute atomic E-state index is 13.0. The molecule has 1 aliphatic heterocycles. The maximum atomic E-state index is 13.0. The maximum Gasteiger partial charge on any atom is 0.326 e. The van der Waals surface area contributed by atoms with E-state index in [9.17, 15) is 24.6 Å². The van der Waals surface area contributed by atoms with Crippen LogP contribution in [0.25, 0.3) is 11.1 Å². The molecule has 1 heterocycles. The van der Waals surface area contributed by atoms with Gasteiger partial charge in [0.05, 0.1) is 0 Å². The summed E-state index contributed by atoms with van der Waals surface area (Å²) in [6.45, 7) is -0.286. The number of aromatic hydroxyl groups is 1. The molecule has 3 aromatic rings. The lowest BCUT2D eigenvalue weighted by molar-refractivity contribution is -0.144. The molecule has 9 nitrogen and oxygen atoms in total. The summed E-state index contributed by atoms with van der Waals surface area (Å²) >= 11 is 0. The Morgan fingerprint density at radius 1 is 0.857 bits per heavy atom. The van der Waals surface area contributed by atoms with Gasteiger partial charge in [-0.25, -0.2) is 4.79 Å². The van der Waals surface area contributed by atoms with Gasteiger partial charge in [0.25, 0.3) is 11.8 Å². The fraction of sp³-hybridized carbons (Fsp3) is 0.192. The SMILES string of the molecule is O=C(O)[C@H](Cc1ccc(O)cc1)NC(=O)[C@@H]1OCO[C@H]1C(=O)Nc1ccccc1-c1ccccc1. The largest absolute Gasteiger partial charge is 0.508 e. The summed E-state index contributed by atoms with van der Waals surface area (Å²) in [4.78, 5) is 37.6. The monoisotopic (exact) mass is 476 g/mol. The van der Waals surface area contributed by atoms with Crippen molar-refractivity contribution in [2.75, 3.05) is 12.1 Å². The summed E-state index contributed by atoms with van der Waals surface area (Å²) in [5, 5.41) is 24.2. The van der Waals surface area contributed by atoms with Crippen molar-refractivity contribution in [3.05, 3.63) is 84.4 Å². The van der Waals surface area contributed by atoms with Gasteiger partial charge in [-0.15, -0.1) is 0 Å².